The van der Waals surface area contributed by atoms with Gasteiger partial charge in [-0.25, -0.2) is 0 Å². The molecule has 0 saturated carbocycles. The van der Waals surface area contributed by atoms with Crippen LogP contribution < -0.4 is 14.8 Å². The highest BCUT2D eigenvalue weighted by Crippen LogP contribution is 2.33. The first-order chi connectivity index (χ1) is 11.9. The molecule has 134 valence electrons. The summed E-state index contributed by atoms with van der Waals surface area (Å²) in [4.78, 5) is 12.1. The van der Waals surface area contributed by atoms with E-state index in [2.05, 4.69) is 21.2 Å². The van der Waals surface area contributed by atoms with E-state index in [-0.39, 0.29) is 12.3 Å². The normalized spacial score (nSPS) is 10.4. The van der Waals surface area contributed by atoms with Crippen molar-refractivity contribution in [3.8, 4) is 11.5 Å². The number of nitrogens with one attached hydrogen (secondary N) is 1. The van der Waals surface area contributed by atoms with Crippen LogP contribution in [-0.2, 0) is 17.6 Å². The molecule has 0 aliphatic carbocycles. The Labute approximate surface area is 165 Å². The summed E-state index contributed by atoms with van der Waals surface area (Å²) >= 11 is 15.3. The molecule has 2 aromatic carbocycles. The van der Waals surface area contributed by atoms with E-state index in [9.17, 15) is 4.79 Å². The van der Waals surface area contributed by atoms with Crippen molar-refractivity contribution in [2.75, 3.05) is 20.8 Å². The molecule has 7 heteroatoms. The summed E-state index contributed by atoms with van der Waals surface area (Å²) in [6, 6.07) is 8.93. The number of benzene rings is 2. The number of carbonyl (C=O) groups excluding carboxylic acids is 1. The van der Waals surface area contributed by atoms with Gasteiger partial charge in [0.15, 0.2) is 11.5 Å². The molecule has 0 spiro atoms. The summed E-state index contributed by atoms with van der Waals surface area (Å²) < 4.78 is 11.5. The van der Waals surface area contributed by atoms with E-state index in [1.807, 2.05) is 12.1 Å². The van der Waals surface area contributed by atoms with Gasteiger partial charge in [-0.1, -0.05) is 45.2 Å². The van der Waals surface area contributed by atoms with Crippen LogP contribution in [0.1, 0.15) is 11.1 Å². The third-order valence-electron chi connectivity index (χ3n) is 3.62. The highest BCUT2D eigenvalue weighted by molar-refractivity contribution is 9.10. The average molecular weight is 447 g/mol. The van der Waals surface area contributed by atoms with Crippen LogP contribution in [0.3, 0.4) is 0 Å². The Kier molecular flexibility index (Phi) is 7.41. The molecule has 25 heavy (non-hydrogen) atoms. The van der Waals surface area contributed by atoms with Gasteiger partial charge in [0.25, 0.3) is 0 Å². The second kappa shape index (κ2) is 9.32. The fourth-order valence-electron chi connectivity index (χ4n) is 2.32. The molecular weight excluding hydrogens is 429 g/mol. The lowest BCUT2D eigenvalue weighted by atomic mass is 10.1. The summed E-state index contributed by atoms with van der Waals surface area (Å²) in [5, 5.41) is 3.82. The lowest BCUT2D eigenvalue weighted by Crippen LogP contribution is -2.27. The minimum atomic E-state index is -0.0741. The summed E-state index contributed by atoms with van der Waals surface area (Å²) in [7, 11) is 3.18. The molecule has 0 atom stereocenters. The van der Waals surface area contributed by atoms with Crippen molar-refractivity contribution in [2.45, 2.75) is 12.8 Å². The second-order valence-electron chi connectivity index (χ2n) is 5.32. The van der Waals surface area contributed by atoms with E-state index >= 15 is 0 Å². The molecule has 0 radical (unpaired) electrons. The van der Waals surface area contributed by atoms with Crippen molar-refractivity contribution >= 4 is 45.0 Å². The van der Waals surface area contributed by atoms with Crippen molar-refractivity contribution in [3.05, 3.63) is 56.0 Å². The quantitative estimate of drug-likeness (QED) is 0.671. The maximum absolute atomic E-state index is 12.1. The van der Waals surface area contributed by atoms with Gasteiger partial charge < -0.3 is 14.8 Å². The number of ether oxygens (including phenoxy) is 2. The van der Waals surface area contributed by atoms with Crippen LogP contribution in [0.15, 0.2) is 34.8 Å². The van der Waals surface area contributed by atoms with Gasteiger partial charge in [0.2, 0.25) is 5.91 Å². The Morgan fingerprint density at radius 1 is 1.08 bits per heavy atom. The van der Waals surface area contributed by atoms with Crippen LogP contribution in [0.5, 0.6) is 11.5 Å². The number of amides is 1. The van der Waals surface area contributed by atoms with Crippen LogP contribution in [0.25, 0.3) is 0 Å². The standard InChI is InChI=1S/C18H18BrCl2NO3/c1-24-16-9-12(13(19)10-17(16)25-2)5-6-22-18(23)8-11-3-4-14(20)15(21)7-11/h3-4,7,9-10H,5-6,8H2,1-2H3,(H,22,23). The Morgan fingerprint density at radius 3 is 2.40 bits per heavy atom. The molecule has 0 bridgehead atoms. The SMILES string of the molecule is COc1cc(Br)c(CCNC(=O)Cc2ccc(Cl)c(Cl)c2)cc1OC. The predicted molar refractivity (Wildman–Crippen MR) is 104 cm³/mol. The van der Waals surface area contributed by atoms with Crippen molar-refractivity contribution < 1.29 is 14.3 Å². The minimum absolute atomic E-state index is 0.0741. The van der Waals surface area contributed by atoms with Gasteiger partial charge in [-0.2, -0.15) is 0 Å². The second-order valence-corrected chi connectivity index (χ2v) is 6.99. The van der Waals surface area contributed by atoms with Crippen LogP contribution in [0.2, 0.25) is 10.0 Å². The third kappa shape index (κ3) is 5.53. The number of carbonyl (C=O) groups is 1. The van der Waals surface area contributed by atoms with E-state index < -0.39 is 0 Å². The van der Waals surface area contributed by atoms with Gasteiger partial charge >= 0.3 is 0 Å². The molecule has 0 aliphatic rings. The zero-order valence-electron chi connectivity index (χ0n) is 13.9. The van der Waals surface area contributed by atoms with E-state index in [0.717, 1.165) is 15.6 Å². The number of hydrogen-bond donors (Lipinski definition) is 1. The molecule has 0 unspecified atom stereocenters. The van der Waals surface area contributed by atoms with Crippen molar-refractivity contribution in [1.29, 1.82) is 0 Å². The fraction of sp³-hybridized carbons (Fsp3) is 0.278. The minimum Gasteiger partial charge on any atom is -0.493 e. The van der Waals surface area contributed by atoms with E-state index in [4.69, 9.17) is 32.7 Å². The van der Waals surface area contributed by atoms with Crippen molar-refractivity contribution in [1.82, 2.24) is 5.32 Å². The smallest absolute Gasteiger partial charge is 0.224 e. The number of methoxy groups -OCH3 is 2. The predicted octanol–water partition coefficient (Wildman–Crippen LogP) is 4.67. The lowest BCUT2D eigenvalue weighted by molar-refractivity contribution is -0.120. The molecule has 0 fully saturated rings. The maximum atomic E-state index is 12.1. The van der Waals surface area contributed by atoms with E-state index in [0.29, 0.717) is 34.5 Å². The van der Waals surface area contributed by atoms with Gasteiger partial charge in [0.1, 0.15) is 0 Å². The molecule has 1 N–H and O–H groups in total. The average Bonchev–Trinajstić information content (AvgIpc) is 2.59. The highest BCUT2D eigenvalue weighted by atomic mass is 79.9. The van der Waals surface area contributed by atoms with Crippen LogP contribution in [-0.4, -0.2) is 26.7 Å². The zero-order valence-corrected chi connectivity index (χ0v) is 17.0. The van der Waals surface area contributed by atoms with Crippen LogP contribution in [0.4, 0.5) is 0 Å². The van der Waals surface area contributed by atoms with Gasteiger partial charge in [-0.05, 0) is 41.8 Å². The molecule has 1 amide bonds. The maximum Gasteiger partial charge on any atom is 0.224 e. The van der Waals surface area contributed by atoms with E-state index in [1.54, 1.807) is 32.4 Å². The monoisotopic (exact) mass is 445 g/mol. The molecular formula is C18H18BrCl2NO3. The Balaban J connectivity index is 1.91. The van der Waals surface area contributed by atoms with Gasteiger partial charge in [0.05, 0.1) is 30.7 Å². The third-order valence-corrected chi connectivity index (χ3v) is 5.10. The Bertz CT molecular complexity index is 768. The molecule has 4 nitrogen and oxygen atoms in total. The lowest BCUT2D eigenvalue weighted by Gasteiger charge is -2.12. The van der Waals surface area contributed by atoms with Crippen molar-refractivity contribution in [2.24, 2.45) is 0 Å². The summed E-state index contributed by atoms with van der Waals surface area (Å²) in [5.74, 6) is 1.24. The van der Waals surface area contributed by atoms with Gasteiger partial charge in [0, 0.05) is 11.0 Å². The van der Waals surface area contributed by atoms with Gasteiger partial charge in [-0.15, -0.1) is 0 Å². The van der Waals surface area contributed by atoms with Crippen LogP contribution in [0, 0.1) is 0 Å². The van der Waals surface area contributed by atoms with Gasteiger partial charge in [-0.3, -0.25) is 4.79 Å². The first-order valence-corrected chi connectivity index (χ1v) is 9.10. The van der Waals surface area contributed by atoms with E-state index in [1.165, 1.54) is 0 Å². The topological polar surface area (TPSA) is 47.6 Å². The molecule has 0 aromatic heterocycles. The van der Waals surface area contributed by atoms with Crippen LogP contribution >= 0.6 is 39.1 Å². The molecule has 0 saturated heterocycles. The molecule has 2 aromatic rings. The summed E-state index contributed by atoms with van der Waals surface area (Å²) in [6.07, 6.45) is 0.915. The summed E-state index contributed by atoms with van der Waals surface area (Å²) in [6.45, 7) is 0.508. The van der Waals surface area contributed by atoms with Crippen molar-refractivity contribution in [3.63, 3.8) is 0 Å². The number of rotatable bonds is 7. The molecule has 0 heterocycles. The zero-order chi connectivity index (χ0) is 18.4. The largest absolute Gasteiger partial charge is 0.493 e. The number of halogens is 3. The number of hydrogen-bond acceptors (Lipinski definition) is 3. The highest BCUT2D eigenvalue weighted by Gasteiger charge is 2.10. The molecule has 2 rings (SSSR count). The summed E-state index contributed by atoms with van der Waals surface area (Å²) in [5.41, 5.74) is 1.84. The molecule has 0 aliphatic heterocycles. The Morgan fingerprint density at radius 2 is 1.76 bits per heavy atom. The fourth-order valence-corrected chi connectivity index (χ4v) is 3.16. The Hall–Kier alpha value is -1.43. The first-order valence-electron chi connectivity index (χ1n) is 7.55. The first kappa shape index (κ1) is 19.9.